The lowest BCUT2D eigenvalue weighted by molar-refractivity contribution is 0.0948. The van der Waals surface area contributed by atoms with Gasteiger partial charge in [-0.3, -0.25) is 9.59 Å². The number of nitrogens with zero attached hydrogens (tertiary/aromatic N) is 1. The van der Waals surface area contributed by atoms with Gasteiger partial charge in [-0.05, 0) is 42.8 Å². The van der Waals surface area contributed by atoms with E-state index in [0.717, 1.165) is 18.2 Å². The molecule has 0 aliphatic heterocycles. The van der Waals surface area contributed by atoms with Crippen LogP contribution in [0.2, 0.25) is 0 Å². The van der Waals surface area contributed by atoms with Gasteiger partial charge in [-0.2, -0.15) is 0 Å². The zero-order chi connectivity index (χ0) is 25.1. The molecule has 0 saturated carbocycles. The van der Waals surface area contributed by atoms with E-state index < -0.39 is 28.6 Å². The quantitative estimate of drug-likeness (QED) is 0.391. The van der Waals surface area contributed by atoms with Crippen LogP contribution in [-0.2, 0) is 13.2 Å². The molecule has 0 atom stereocenters. The summed E-state index contributed by atoms with van der Waals surface area (Å²) < 4.78 is 39.0. The van der Waals surface area contributed by atoms with E-state index in [9.17, 15) is 28.3 Å². The topological polar surface area (TPSA) is 111 Å². The number of benzene rings is 2. The fourth-order valence-corrected chi connectivity index (χ4v) is 3.49. The van der Waals surface area contributed by atoms with E-state index in [-0.39, 0.29) is 36.6 Å². The van der Waals surface area contributed by atoms with Crippen molar-refractivity contribution in [3.05, 3.63) is 104 Å². The summed E-state index contributed by atoms with van der Waals surface area (Å²) >= 11 is 0. The molecular formula is C25H20F2N2O6. The van der Waals surface area contributed by atoms with Crippen LogP contribution >= 0.6 is 0 Å². The minimum atomic E-state index is -0.850. The van der Waals surface area contributed by atoms with Crippen LogP contribution in [0.3, 0.4) is 0 Å². The summed E-state index contributed by atoms with van der Waals surface area (Å²) in [5.41, 5.74) is -0.708. The molecule has 0 aliphatic carbocycles. The first-order chi connectivity index (χ1) is 16.7. The first kappa shape index (κ1) is 23.7. The Morgan fingerprint density at radius 3 is 2.57 bits per heavy atom. The van der Waals surface area contributed by atoms with Crippen LogP contribution < -0.4 is 21.1 Å². The summed E-state index contributed by atoms with van der Waals surface area (Å²) in [7, 11) is 0. The maximum Gasteiger partial charge on any atom is 0.349 e. The van der Waals surface area contributed by atoms with E-state index in [1.807, 2.05) is 0 Å². The Kier molecular flexibility index (Phi) is 6.63. The van der Waals surface area contributed by atoms with Crippen molar-refractivity contribution >= 4 is 16.9 Å². The number of carbonyl (C=O) groups is 1. The third-order valence-corrected chi connectivity index (χ3v) is 5.33. The van der Waals surface area contributed by atoms with Gasteiger partial charge in [-0.1, -0.05) is 0 Å². The normalized spacial score (nSPS) is 10.9. The van der Waals surface area contributed by atoms with E-state index in [0.29, 0.717) is 22.4 Å². The van der Waals surface area contributed by atoms with Gasteiger partial charge in [-0.15, -0.1) is 0 Å². The molecule has 180 valence electrons. The molecule has 0 radical (unpaired) electrons. The van der Waals surface area contributed by atoms with Gasteiger partial charge in [0, 0.05) is 42.9 Å². The van der Waals surface area contributed by atoms with E-state index in [1.54, 1.807) is 23.6 Å². The molecule has 2 N–H and O–H groups in total. The van der Waals surface area contributed by atoms with E-state index in [2.05, 4.69) is 5.32 Å². The Morgan fingerprint density at radius 2 is 1.83 bits per heavy atom. The van der Waals surface area contributed by atoms with Crippen molar-refractivity contribution in [1.29, 1.82) is 0 Å². The first-order valence-electron chi connectivity index (χ1n) is 10.5. The molecule has 4 aromatic rings. The zero-order valence-electron chi connectivity index (χ0n) is 18.5. The second kappa shape index (κ2) is 9.80. The lowest BCUT2D eigenvalue weighted by Crippen LogP contribution is -2.31. The number of halogens is 2. The maximum absolute atomic E-state index is 13.3. The number of amides is 1. The van der Waals surface area contributed by atoms with Crippen LogP contribution in [0.4, 0.5) is 8.78 Å². The molecule has 35 heavy (non-hydrogen) atoms. The molecule has 8 nitrogen and oxygen atoms in total. The molecule has 4 rings (SSSR count). The SMILES string of the molecule is Cc1c(O)c(=O)ccn1CCNC(=O)c1cc2ccc(OCc3cc(F)cc(F)c3)cc2oc1=O. The summed E-state index contributed by atoms with van der Waals surface area (Å²) in [6.45, 7) is 1.87. The van der Waals surface area contributed by atoms with Crippen molar-refractivity contribution in [2.45, 2.75) is 20.1 Å². The number of fused-ring (bicyclic) bond motifs is 1. The highest BCUT2D eigenvalue weighted by Crippen LogP contribution is 2.22. The monoisotopic (exact) mass is 482 g/mol. The fourth-order valence-electron chi connectivity index (χ4n) is 3.49. The number of rotatable bonds is 7. The lowest BCUT2D eigenvalue weighted by Gasteiger charge is -2.12. The van der Waals surface area contributed by atoms with E-state index in [1.165, 1.54) is 24.4 Å². The van der Waals surface area contributed by atoms with Gasteiger partial charge < -0.3 is 24.1 Å². The largest absolute Gasteiger partial charge is 0.503 e. The summed E-state index contributed by atoms with van der Waals surface area (Å²) in [5.74, 6) is -2.13. The van der Waals surface area contributed by atoms with Crippen molar-refractivity contribution in [2.24, 2.45) is 0 Å². The Bertz CT molecular complexity index is 1520. The van der Waals surface area contributed by atoms with E-state index >= 15 is 0 Å². The average molecular weight is 482 g/mol. The predicted molar refractivity (Wildman–Crippen MR) is 123 cm³/mol. The van der Waals surface area contributed by atoms with Crippen molar-refractivity contribution in [2.75, 3.05) is 6.54 Å². The molecule has 0 spiro atoms. The molecule has 2 aromatic carbocycles. The first-order valence-corrected chi connectivity index (χ1v) is 10.5. The van der Waals surface area contributed by atoms with Gasteiger partial charge >= 0.3 is 5.63 Å². The van der Waals surface area contributed by atoms with Crippen LogP contribution in [0.15, 0.2) is 68.7 Å². The van der Waals surface area contributed by atoms with E-state index in [4.69, 9.17) is 9.15 Å². The summed E-state index contributed by atoms with van der Waals surface area (Å²) in [6, 6.07) is 10.3. The Morgan fingerprint density at radius 1 is 1.09 bits per heavy atom. The van der Waals surface area contributed by atoms with Crippen LogP contribution in [0.1, 0.15) is 21.6 Å². The van der Waals surface area contributed by atoms with Crippen molar-refractivity contribution in [3.8, 4) is 11.5 Å². The third kappa shape index (κ3) is 5.37. The van der Waals surface area contributed by atoms with Gasteiger partial charge in [0.1, 0.15) is 35.1 Å². The van der Waals surface area contributed by atoms with Crippen LogP contribution in [0.25, 0.3) is 11.0 Å². The number of carbonyl (C=O) groups excluding carboxylic acids is 1. The van der Waals surface area contributed by atoms with Crippen LogP contribution in [0.5, 0.6) is 11.5 Å². The predicted octanol–water partition coefficient (Wildman–Crippen LogP) is 3.26. The minimum absolute atomic E-state index is 0.0995. The number of nitrogens with one attached hydrogen (secondary N) is 1. The number of pyridine rings is 1. The molecule has 10 heteroatoms. The highest BCUT2D eigenvalue weighted by Gasteiger charge is 2.14. The van der Waals surface area contributed by atoms with Crippen molar-refractivity contribution < 1.29 is 27.8 Å². The molecule has 0 aliphatic rings. The summed E-state index contributed by atoms with van der Waals surface area (Å²) in [5, 5.41) is 12.8. The average Bonchev–Trinajstić information content (AvgIpc) is 2.81. The number of hydrogen-bond donors (Lipinski definition) is 2. The fraction of sp³-hybridized carbons (Fsp3) is 0.160. The molecule has 0 bridgehead atoms. The Hall–Kier alpha value is -4.47. The highest BCUT2D eigenvalue weighted by atomic mass is 19.1. The summed E-state index contributed by atoms with van der Waals surface area (Å²) in [4.78, 5) is 36.3. The second-order valence-electron chi connectivity index (χ2n) is 7.78. The highest BCUT2D eigenvalue weighted by molar-refractivity contribution is 5.96. The third-order valence-electron chi connectivity index (χ3n) is 5.33. The molecule has 0 fully saturated rings. The maximum atomic E-state index is 13.3. The van der Waals surface area contributed by atoms with Gasteiger partial charge in [0.25, 0.3) is 5.91 Å². The van der Waals surface area contributed by atoms with Gasteiger partial charge in [-0.25, -0.2) is 13.6 Å². The lowest BCUT2D eigenvalue weighted by atomic mass is 10.1. The van der Waals surface area contributed by atoms with Crippen LogP contribution in [0, 0.1) is 18.6 Å². The molecule has 0 unspecified atom stereocenters. The van der Waals surface area contributed by atoms with Gasteiger partial charge in [0.15, 0.2) is 5.75 Å². The molecule has 0 saturated heterocycles. The van der Waals surface area contributed by atoms with Gasteiger partial charge in [0.2, 0.25) is 5.43 Å². The molecule has 2 heterocycles. The smallest absolute Gasteiger partial charge is 0.349 e. The second-order valence-corrected chi connectivity index (χ2v) is 7.78. The minimum Gasteiger partial charge on any atom is -0.503 e. The number of hydrogen-bond acceptors (Lipinski definition) is 6. The number of ether oxygens (including phenoxy) is 1. The number of aromatic nitrogens is 1. The molecule has 1 amide bonds. The number of aromatic hydroxyl groups is 1. The zero-order valence-corrected chi connectivity index (χ0v) is 18.5. The Labute approximate surface area is 197 Å². The van der Waals surface area contributed by atoms with Crippen molar-refractivity contribution in [3.63, 3.8) is 0 Å². The molecule has 2 aromatic heterocycles. The Balaban J connectivity index is 1.44. The standard InChI is InChI=1S/C25H20F2N2O6/c1-14-23(31)21(30)4-6-29(14)7-5-28-24(32)20-10-16-2-3-19(12-22(16)35-25(20)33)34-13-15-8-17(26)11-18(27)9-15/h2-4,6,8-12,31H,5,7,13H2,1H3,(H,28,32). The summed E-state index contributed by atoms with van der Waals surface area (Å²) in [6.07, 6.45) is 1.50. The van der Waals surface area contributed by atoms with Gasteiger partial charge in [0.05, 0.1) is 5.69 Å². The molecular weight excluding hydrogens is 462 g/mol. The van der Waals surface area contributed by atoms with Crippen LogP contribution in [-0.4, -0.2) is 22.1 Å². The van der Waals surface area contributed by atoms with Crippen molar-refractivity contribution in [1.82, 2.24) is 9.88 Å².